The van der Waals surface area contributed by atoms with Crippen LogP contribution >= 0.6 is 15.9 Å². The van der Waals surface area contributed by atoms with Crippen LogP contribution < -0.4 is 10.6 Å². The van der Waals surface area contributed by atoms with E-state index in [4.69, 9.17) is 0 Å². The minimum atomic E-state index is -0.270. The van der Waals surface area contributed by atoms with Gasteiger partial charge in [-0.3, -0.25) is 5.32 Å². The molecule has 0 aliphatic carbocycles. The zero-order chi connectivity index (χ0) is 13.7. The van der Waals surface area contributed by atoms with E-state index in [0.717, 1.165) is 15.6 Å². The SMILES string of the molecule is Cc1ccccc1CNC(=O)Nc1cc(Br)ccn1. The lowest BCUT2D eigenvalue weighted by atomic mass is 10.1. The standard InChI is InChI=1S/C14H14BrN3O/c1-10-4-2-3-5-11(10)9-17-14(19)18-13-8-12(15)6-7-16-13/h2-8H,9H2,1H3,(H2,16,17,18,19). The van der Waals surface area contributed by atoms with Gasteiger partial charge in [0.2, 0.25) is 0 Å². The van der Waals surface area contributed by atoms with Crippen LogP contribution in [0.3, 0.4) is 0 Å². The quantitative estimate of drug-likeness (QED) is 0.910. The third kappa shape index (κ3) is 4.06. The molecule has 5 heteroatoms. The Bertz CT molecular complexity index is 586. The van der Waals surface area contributed by atoms with E-state index in [0.29, 0.717) is 12.4 Å². The van der Waals surface area contributed by atoms with E-state index in [-0.39, 0.29) is 6.03 Å². The van der Waals surface area contributed by atoms with Crippen molar-refractivity contribution in [3.05, 3.63) is 58.2 Å². The number of urea groups is 1. The Labute approximate surface area is 120 Å². The maximum Gasteiger partial charge on any atom is 0.320 e. The first-order chi connectivity index (χ1) is 9.15. The zero-order valence-electron chi connectivity index (χ0n) is 10.5. The molecule has 0 bridgehead atoms. The highest BCUT2D eigenvalue weighted by atomic mass is 79.9. The number of nitrogens with one attached hydrogen (secondary N) is 2. The van der Waals surface area contributed by atoms with E-state index < -0.39 is 0 Å². The van der Waals surface area contributed by atoms with Crippen LogP contribution in [0.5, 0.6) is 0 Å². The lowest BCUT2D eigenvalue weighted by Crippen LogP contribution is -2.28. The molecular formula is C14H14BrN3O. The number of hydrogen-bond donors (Lipinski definition) is 2. The number of carbonyl (C=O) groups is 1. The van der Waals surface area contributed by atoms with Gasteiger partial charge in [-0.2, -0.15) is 0 Å². The van der Waals surface area contributed by atoms with Crippen LogP contribution in [0.4, 0.5) is 10.6 Å². The Kier molecular flexibility index (Phi) is 4.52. The lowest BCUT2D eigenvalue weighted by Gasteiger charge is -2.09. The number of nitrogens with zero attached hydrogens (tertiary/aromatic N) is 1. The number of aryl methyl sites for hydroxylation is 1. The number of hydrogen-bond acceptors (Lipinski definition) is 2. The summed E-state index contributed by atoms with van der Waals surface area (Å²) in [6, 6.07) is 11.2. The van der Waals surface area contributed by atoms with E-state index >= 15 is 0 Å². The second-order valence-electron chi connectivity index (χ2n) is 4.09. The summed E-state index contributed by atoms with van der Waals surface area (Å²) in [4.78, 5) is 15.8. The molecule has 2 amide bonds. The van der Waals surface area contributed by atoms with Crippen LogP contribution in [-0.2, 0) is 6.54 Å². The van der Waals surface area contributed by atoms with Crippen molar-refractivity contribution in [3.63, 3.8) is 0 Å². The van der Waals surface area contributed by atoms with Crippen molar-refractivity contribution in [1.82, 2.24) is 10.3 Å². The Morgan fingerprint density at radius 1 is 1.32 bits per heavy atom. The maximum atomic E-state index is 11.7. The molecule has 1 aromatic carbocycles. The van der Waals surface area contributed by atoms with Crippen LogP contribution in [0.25, 0.3) is 0 Å². The van der Waals surface area contributed by atoms with Gasteiger partial charge in [-0.05, 0) is 30.2 Å². The molecule has 0 aliphatic heterocycles. The molecule has 2 N–H and O–H groups in total. The Balaban J connectivity index is 1.90. The fourth-order valence-electron chi connectivity index (χ4n) is 1.62. The molecule has 2 rings (SSSR count). The van der Waals surface area contributed by atoms with Crippen LogP contribution in [0.2, 0.25) is 0 Å². The number of carbonyl (C=O) groups excluding carboxylic acids is 1. The Morgan fingerprint density at radius 3 is 2.84 bits per heavy atom. The van der Waals surface area contributed by atoms with Crippen molar-refractivity contribution >= 4 is 27.8 Å². The second kappa shape index (κ2) is 6.33. The molecule has 0 saturated carbocycles. The average molecular weight is 320 g/mol. The van der Waals surface area contributed by atoms with Gasteiger partial charge in [0.25, 0.3) is 0 Å². The summed E-state index contributed by atoms with van der Waals surface area (Å²) in [6.45, 7) is 2.51. The van der Waals surface area contributed by atoms with Gasteiger partial charge < -0.3 is 5.32 Å². The topological polar surface area (TPSA) is 54.0 Å². The van der Waals surface area contributed by atoms with E-state index in [1.807, 2.05) is 31.2 Å². The van der Waals surface area contributed by atoms with Crippen molar-refractivity contribution in [2.45, 2.75) is 13.5 Å². The molecule has 0 radical (unpaired) electrons. The first kappa shape index (κ1) is 13.5. The molecule has 0 unspecified atom stereocenters. The smallest absolute Gasteiger partial charge is 0.320 e. The van der Waals surface area contributed by atoms with Crippen LogP contribution in [0.1, 0.15) is 11.1 Å². The average Bonchev–Trinajstić information content (AvgIpc) is 2.38. The summed E-state index contributed by atoms with van der Waals surface area (Å²) in [6.07, 6.45) is 1.63. The van der Waals surface area contributed by atoms with Crippen molar-refractivity contribution in [1.29, 1.82) is 0 Å². The minimum absolute atomic E-state index is 0.270. The molecule has 1 heterocycles. The number of pyridine rings is 1. The molecule has 0 spiro atoms. The van der Waals surface area contributed by atoms with Crippen molar-refractivity contribution in [2.24, 2.45) is 0 Å². The van der Waals surface area contributed by atoms with Gasteiger partial charge >= 0.3 is 6.03 Å². The van der Waals surface area contributed by atoms with Crippen molar-refractivity contribution < 1.29 is 4.79 Å². The molecular weight excluding hydrogens is 306 g/mol. The van der Waals surface area contributed by atoms with Crippen molar-refractivity contribution in [2.75, 3.05) is 5.32 Å². The van der Waals surface area contributed by atoms with Crippen molar-refractivity contribution in [3.8, 4) is 0 Å². The molecule has 98 valence electrons. The number of halogens is 1. The third-order valence-corrected chi connectivity index (χ3v) is 3.16. The number of rotatable bonds is 3. The van der Waals surface area contributed by atoms with E-state index in [2.05, 4.69) is 31.5 Å². The van der Waals surface area contributed by atoms with Gasteiger partial charge in [-0.25, -0.2) is 9.78 Å². The maximum absolute atomic E-state index is 11.7. The summed E-state index contributed by atoms with van der Waals surface area (Å²) >= 11 is 3.33. The van der Waals surface area contributed by atoms with Gasteiger partial charge in [-0.1, -0.05) is 40.2 Å². The summed E-state index contributed by atoms with van der Waals surface area (Å²) in [7, 11) is 0. The monoisotopic (exact) mass is 319 g/mol. The Morgan fingerprint density at radius 2 is 2.11 bits per heavy atom. The number of amides is 2. The van der Waals surface area contributed by atoms with Gasteiger partial charge in [0.15, 0.2) is 0 Å². The summed E-state index contributed by atoms with van der Waals surface area (Å²) in [5.41, 5.74) is 2.25. The largest absolute Gasteiger partial charge is 0.334 e. The third-order valence-electron chi connectivity index (χ3n) is 2.66. The van der Waals surface area contributed by atoms with E-state index in [9.17, 15) is 4.79 Å². The molecule has 2 aromatic rings. The predicted octanol–water partition coefficient (Wildman–Crippen LogP) is 3.47. The highest BCUT2D eigenvalue weighted by molar-refractivity contribution is 9.10. The van der Waals surface area contributed by atoms with Crippen LogP contribution in [0, 0.1) is 6.92 Å². The highest BCUT2D eigenvalue weighted by Gasteiger charge is 2.04. The number of anilines is 1. The molecule has 0 atom stereocenters. The van der Waals surface area contributed by atoms with Crippen LogP contribution in [-0.4, -0.2) is 11.0 Å². The van der Waals surface area contributed by atoms with E-state index in [1.54, 1.807) is 18.3 Å². The Hall–Kier alpha value is -1.88. The molecule has 4 nitrogen and oxygen atoms in total. The van der Waals surface area contributed by atoms with Gasteiger partial charge in [0, 0.05) is 17.2 Å². The fourth-order valence-corrected chi connectivity index (χ4v) is 1.95. The first-order valence-corrected chi connectivity index (χ1v) is 6.65. The van der Waals surface area contributed by atoms with Crippen LogP contribution in [0.15, 0.2) is 47.1 Å². The molecule has 0 aliphatic rings. The van der Waals surface area contributed by atoms with Gasteiger partial charge in [0.1, 0.15) is 5.82 Å². The highest BCUT2D eigenvalue weighted by Crippen LogP contribution is 2.12. The predicted molar refractivity (Wildman–Crippen MR) is 79.0 cm³/mol. The fraction of sp³-hybridized carbons (Fsp3) is 0.143. The zero-order valence-corrected chi connectivity index (χ0v) is 12.1. The molecule has 0 saturated heterocycles. The van der Waals surface area contributed by atoms with E-state index in [1.165, 1.54) is 0 Å². The number of benzene rings is 1. The van der Waals surface area contributed by atoms with Gasteiger partial charge in [-0.15, -0.1) is 0 Å². The molecule has 0 fully saturated rings. The second-order valence-corrected chi connectivity index (χ2v) is 5.01. The minimum Gasteiger partial charge on any atom is -0.334 e. The molecule has 1 aromatic heterocycles. The molecule has 19 heavy (non-hydrogen) atoms. The summed E-state index contributed by atoms with van der Waals surface area (Å²) < 4.78 is 0.872. The first-order valence-electron chi connectivity index (χ1n) is 5.86. The number of aromatic nitrogens is 1. The normalized spacial score (nSPS) is 10.0. The lowest BCUT2D eigenvalue weighted by molar-refractivity contribution is 0.251. The summed E-state index contributed by atoms with van der Waals surface area (Å²) in [5, 5.41) is 5.48. The van der Waals surface area contributed by atoms with Gasteiger partial charge in [0.05, 0.1) is 0 Å². The summed E-state index contributed by atoms with van der Waals surface area (Å²) in [5.74, 6) is 0.511.